The van der Waals surface area contributed by atoms with Gasteiger partial charge in [-0.15, -0.1) is 11.6 Å². The highest BCUT2D eigenvalue weighted by Gasteiger charge is 2.26. The lowest BCUT2D eigenvalue weighted by Gasteiger charge is -2.12. The second-order valence-corrected chi connectivity index (χ2v) is 5.23. The Morgan fingerprint density at radius 3 is 2.65 bits per heavy atom. The summed E-state index contributed by atoms with van der Waals surface area (Å²) in [6.45, 7) is 0. The van der Waals surface area contributed by atoms with Crippen molar-refractivity contribution in [2.24, 2.45) is 0 Å². The number of rotatable bonds is 2. The first-order valence-corrected chi connectivity index (χ1v) is 6.51. The third-order valence-electron chi connectivity index (χ3n) is 3.46. The van der Waals surface area contributed by atoms with Crippen molar-refractivity contribution in [3.8, 4) is 5.69 Å². The van der Waals surface area contributed by atoms with Crippen molar-refractivity contribution in [1.29, 1.82) is 0 Å². The molecule has 3 rings (SSSR count). The van der Waals surface area contributed by atoms with E-state index in [4.69, 9.17) is 11.6 Å². The molecule has 1 aromatic heterocycles. The molecule has 2 nitrogen and oxygen atoms in total. The van der Waals surface area contributed by atoms with E-state index in [-0.39, 0.29) is 0 Å². The molecule has 0 aliphatic heterocycles. The maximum atomic E-state index is 6.19. The van der Waals surface area contributed by atoms with Crippen molar-refractivity contribution in [2.45, 2.75) is 30.6 Å². The van der Waals surface area contributed by atoms with Crippen molar-refractivity contribution in [2.75, 3.05) is 0 Å². The van der Waals surface area contributed by atoms with E-state index in [9.17, 15) is 0 Å². The van der Waals surface area contributed by atoms with Crippen LogP contribution in [0.25, 0.3) is 5.69 Å². The summed E-state index contributed by atoms with van der Waals surface area (Å²) < 4.78 is 2.04. The number of aromatic nitrogens is 2. The van der Waals surface area contributed by atoms with E-state index < -0.39 is 0 Å². The highest BCUT2D eigenvalue weighted by molar-refractivity contribution is 6.20. The summed E-state index contributed by atoms with van der Waals surface area (Å²) in [5, 5.41) is 4.76. The van der Waals surface area contributed by atoms with Crippen LogP contribution in [0.1, 0.15) is 30.9 Å². The minimum absolute atomic E-state index is 0.333. The van der Waals surface area contributed by atoms with Crippen LogP contribution in [0.4, 0.5) is 0 Å². The molecule has 1 fully saturated rings. The predicted octanol–water partition coefficient (Wildman–Crippen LogP) is 3.75. The van der Waals surface area contributed by atoms with Gasteiger partial charge in [0.2, 0.25) is 0 Å². The Morgan fingerprint density at radius 2 is 1.94 bits per heavy atom. The first-order chi connectivity index (χ1) is 8.34. The summed E-state index contributed by atoms with van der Waals surface area (Å²) in [5.41, 5.74) is 2.42. The van der Waals surface area contributed by atoms with Crippen LogP contribution in [0.3, 0.4) is 0 Å². The number of nitrogens with zero attached hydrogens (tertiary/aromatic N) is 2. The van der Waals surface area contributed by atoms with E-state index >= 15 is 0 Å². The molecule has 2 aromatic rings. The third-order valence-corrected chi connectivity index (χ3v) is 3.86. The minimum Gasteiger partial charge on any atom is -0.238 e. The fourth-order valence-electron chi connectivity index (χ4n) is 2.60. The molecule has 2 atom stereocenters. The minimum atomic E-state index is 0.333. The monoisotopic (exact) mass is 246 g/mol. The quantitative estimate of drug-likeness (QED) is 0.738. The summed E-state index contributed by atoms with van der Waals surface area (Å²) in [7, 11) is 0. The van der Waals surface area contributed by atoms with Gasteiger partial charge in [0.15, 0.2) is 0 Å². The Balaban J connectivity index is 1.95. The number of hydrogen-bond donors (Lipinski definition) is 0. The summed E-state index contributed by atoms with van der Waals surface area (Å²) >= 11 is 6.19. The molecule has 17 heavy (non-hydrogen) atoms. The van der Waals surface area contributed by atoms with E-state index in [1.54, 1.807) is 0 Å². The highest BCUT2D eigenvalue weighted by atomic mass is 35.5. The van der Waals surface area contributed by atoms with E-state index in [1.165, 1.54) is 12.1 Å². The molecule has 1 aliphatic carbocycles. The molecule has 0 N–H and O–H groups in total. The standard InChI is InChI=1S/C14H15ClN2/c15-12-7-6-11(10-12)14-8-9-16-17(14)13-4-2-1-3-5-13/h1-5,8-9,11-12H,6-7,10H2. The summed E-state index contributed by atoms with van der Waals surface area (Å²) in [6.07, 6.45) is 5.24. The van der Waals surface area contributed by atoms with Gasteiger partial charge in [-0.25, -0.2) is 4.68 Å². The van der Waals surface area contributed by atoms with Crippen LogP contribution in [-0.2, 0) is 0 Å². The number of alkyl halides is 1. The molecule has 0 spiro atoms. The fourth-order valence-corrected chi connectivity index (χ4v) is 2.94. The van der Waals surface area contributed by atoms with Gasteiger partial charge in [0, 0.05) is 23.2 Å². The van der Waals surface area contributed by atoms with Gasteiger partial charge >= 0.3 is 0 Å². The normalized spacial score (nSPS) is 24.1. The van der Waals surface area contributed by atoms with E-state index in [0.717, 1.165) is 18.5 Å². The topological polar surface area (TPSA) is 17.8 Å². The van der Waals surface area contributed by atoms with Crippen molar-refractivity contribution in [1.82, 2.24) is 9.78 Å². The number of hydrogen-bond acceptors (Lipinski definition) is 1. The molecule has 1 aromatic carbocycles. The molecule has 1 heterocycles. The maximum Gasteiger partial charge on any atom is 0.0648 e. The Bertz CT molecular complexity index is 492. The van der Waals surface area contributed by atoms with Gasteiger partial charge in [-0.3, -0.25) is 0 Å². The van der Waals surface area contributed by atoms with Gasteiger partial charge in [-0.2, -0.15) is 5.10 Å². The zero-order valence-electron chi connectivity index (χ0n) is 9.59. The molecule has 0 bridgehead atoms. The van der Waals surface area contributed by atoms with Gasteiger partial charge in [-0.1, -0.05) is 18.2 Å². The van der Waals surface area contributed by atoms with Crippen molar-refractivity contribution >= 4 is 11.6 Å². The Labute approximate surface area is 106 Å². The lowest BCUT2D eigenvalue weighted by Crippen LogP contribution is -2.05. The van der Waals surface area contributed by atoms with Crippen LogP contribution in [0.5, 0.6) is 0 Å². The van der Waals surface area contributed by atoms with Crippen LogP contribution in [0, 0.1) is 0 Å². The van der Waals surface area contributed by atoms with Crippen LogP contribution < -0.4 is 0 Å². The van der Waals surface area contributed by atoms with Gasteiger partial charge in [0.05, 0.1) is 5.69 Å². The van der Waals surface area contributed by atoms with Gasteiger partial charge in [0.1, 0.15) is 0 Å². The molecule has 2 unspecified atom stereocenters. The second-order valence-electron chi connectivity index (χ2n) is 4.61. The molecular weight excluding hydrogens is 232 g/mol. The highest BCUT2D eigenvalue weighted by Crippen LogP contribution is 2.37. The average Bonchev–Trinajstić information content (AvgIpc) is 2.98. The van der Waals surface area contributed by atoms with Crippen LogP contribution >= 0.6 is 11.6 Å². The molecule has 3 heteroatoms. The van der Waals surface area contributed by atoms with Crippen molar-refractivity contribution < 1.29 is 0 Å². The Hall–Kier alpha value is -1.28. The smallest absolute Gasteiger partial charge is 0.0648 e. The summed E-state index contributed by atoms with van der Waals surface area (Å²) in [6, 6.07) is 12.4. The third kappa shape index (κ3) is 2.09. The lowest BCUT2D eigenvalue weighted by molar-refractivity contribution is 0.656. The molecule has 0 saturated heterocycles. The summed E-state index contributed by atoms with van der Waals surface area (Å²) in [5.74, 6) is 0.556. The second kappa shape index (κ2) is 4.53. The number of benzene rings is 1. The zero-order chi connectivity index (χ0) is 11.7. The number of para-hydroxylation sites is 1. The molecule has 1 saturated carbocycles. The molecule has 88 valence electrons. The first kappa shape index (κ1) is 10.8. The Morgan fingerprint density at radius 1 is 1.12 bits per heavy atom. The van der Waals surface area contributed by atoms with Crippen LogP contribution in [0.2, 0.25) is 0 Å². The molecule has 0 amide bonds. The van der Waals surface area contributed by atoms with Crippen LogP contribution in [-0.4, -0.2) is 15.2 Å². The van der Waals surface area contributed by atoms with E-state index in [1.807, 2.05) is 29.1 Å². The van der Waals surface area contributed by atoms with Gasteiger partial charge in [-0.05, 0) is 37.5 Å². The first-order valence-electron chi connectivity index (χ1n) is 6.08. The maximum absolute atomic E-state index is 6.19. The molecule has 0 radical (unpaired) electrons. The largest absolute Gasteiger partial charge is 0.238 e. The SMILES string of the molecule is ClC1CCC(c2ccnn2-c2ccccc2)C1. The molecular formula is C14H15ClN2. The molecule has 1 aliphatic rings. The van der Waals surface area contributed by atoms with E-state index in [2.05, 4.69) is 23.3 Å². The van der Waals surface area contributed by atoms with Crippen molar-refractivity contribution in [3.05, 3.63) is 48.3 Å². The zero-order valence-corrected chi connectivity index (χ0v) is 10.3. The number of halogens is 1. The average molecular weight is 247 g/mol. The lowest BCUT2D eigenvalue weighted by atomic mass is 10.0. The van der Waals surface area contributed by atoms with Gasteiger partial charge < -0.3 is 0 Å². The predicted molar refractivity (Wildman–Crippen MR) is 69.8 cm³/mol. The summed E-state index contributed by atoms with van der Waals surface area (Å²) in [4.78, 5) is 0. The van der Waals surface area contributed by atoms with E-state index in [0.29, 0.717) is 11.3 Å². The fraction of sp³-hybridized carbons (Fsp3) is 0.357. The van der Waals surface area contributed by atoms with Crippen molar-refractivity contribution in [3.63, 3.8) is 0 Å². The Kier molecular flexibility index (Phi) is 2.89. The van der Waals surface area contributed by atoms with Crippen LogP contribution in [0.15, 0.2) is 42.6 Å². The van der Waals surface area contributed by atoms with Gasteiger partial charge in [0.25, 0.3) is 0 Å².